The molecule has 0 bridgehead atoms. The van der Waals surface area contributed by atoms with E-state index in [-0.39, 0.29) is 6.10 Å². The molecular weight excluding hydrogens is 280 g/mol. The molecule has 4 heteroatoms. The topological polar surface area (TPSA) is 34.2 Å². The molecule has 0 fully saturated rings. The van der Waals surface area contributed by atoms with Crippen molar-refractivity contribution < 1.29 is 4.74 Å². The van der Waals surface area contributed by atoms with Gasteiger partial charge in [0.15, 0.2) is 0 Å². The van der Waals surface area contributed by atoms with Crippen molar-refractivity contribution in [1.29, 1.82) is 0 Å². The predicted octanol–water partition coefficient (Wildman–Crippen LogP) is 3.88. The minimum atomic E-state index is 0.224. The maximum Gasteiger partial charge on any atom is 0.0955 e. The van der Waals surface area contributed by atoms with E-state index in [0.717, 1.165) is 25.1 Å². The lowest BCUT2D eigenvalue weighted by Gasteiger charge is -2.30. The Balaban J connectivity index is 2.17. The Labute approximate surface area is 131 Å². The molecule has 0 aliphatic carbocycles. The van der Waals surface area contributed by atoms with Crippen LogP contribution in [0.3, 0.4) is 0 Å². The van der Waals surface area contributed by atoms with Gasteiger partial charge in [-0.05, 0) is 31.5 Å². The summed E-state index contributed by atoms with van der Waals surface area (Å²) in [5.41, 5.74) is 1.10. The van der Waals surface area contributed by atoms with Crippen molar-refractivity contribution in [1.82, 2.24) is 10.3 Å². The van der Waals surface area contributed by atoms with Crippen LogP contribution < -0.4 is 5.32 Å². The molecule has 0 amide bonds. The Morgan fingerprint density at radius 1 is 1.24 bits per heavy atom. The molecular formula is C17H26N2OS. The lowest BCUT2D eigenvalue weighted by atomic mass is 9.97. The van der Waals surface area contributed by atoms with E-state index in [1.54, 1.807) is 11.3 Å². The summed E-state index contributed by atoms with van der Waals surface area (Å²) in [6, 6.07) is 8.66. The number of para-hydroxylation sites is 1. The number of likely N-dealkylation sites (N-methyl/N-ethyl adjacent to an activating group) is 1. The van der Waals surface area contributed by atoms with Gasteiger partial charge in [0, 0.05) is 19.1 Å². The van der Waals surface area contributed by atoms with E-state index >= 15 is 0 Å². The molecule has 2 atom stereocenters. The highest BCUT2D eigenvalue weighted by atomic mass is 32.1. The smallest absolute Gasteiger partial charge is 0.0955 e. The summed E-state index contributed by atoms with van der Waals surface area (Å²) < 4.78 is 7.24. The normalized spacial score (nSPS) is 14.7. The van der Waals surface area contributed by atoms with Gasteiger partial charge in [-0.15, -0.1) is 11.3 Å². The third-order valence-corrected chi connectivity index (χ3v) is 4.67. The number of rotatable bonds is 8. The molecule has 1 heterocycles. The van der Waals surface area contributed by atoms with Crippen LogP contribution in [0.5, 0.6) is 0 Å². The predicted molar refractivity (Wildman–Crippen MR) is 91.0 cm³/mol. The first-order chi connectivity index (χ1) is 10.2. The summed E-state index contributed by atoms with van der Waals surface area (Å²) in [5.74, 6) is 0.489. The van der Waals surface area contributed by atoms with Crippen LogP contribution in [0.1, 0.15) is 32.7 Å². The molecule has 0 radical (unpaired) electrons. The quantitative estimate of drug-likeness (QED) is 0.803. The Morgan fingerprint density at radius 3 is 2.62 bits per heavy atom. The number of nitrogens with zero attached hydrogens (tertiary/aromatic N) is 1. The van der Waals surface area contributed by atoms with Crippen LogP contribution in [0.4, 0.5) is 0 Å². The fraction of sp³-hybridized carbons (Fsp3) is 0.588. The fourth-order valence-corrected chi connectivity index (χ4v) is 3.75. The van der Waals surface area contributed by atoms with Crippen LogP contribution in [0.25, 0.3) is 10.2 Å². The van der Waals surface area contributed by atoms with Crippen molar-refractivity contribution in [3.8, 4) is 0 Å². The minimum Gasteiger partial charge on any atom is -0.377 e. The number of fused-ring (bicyclic) bond motifs is 1. The molecule has 1 aromatic heterocycles. The van der Waals surface area contributed by atoms with Crippen LogP contribution in [-0.2, 0) is 11.2 Å². The van der Waals surface area contributed by atoms with Gasteiger partial charge < -0.3 is 10.1 Å². The largest absolute Gasteiger partial charge is 0.377 e. The summed E-state index contributed by atoms with van der Waals surface area (Å²) in [6.07, 6.45) is 1.15. The zero-order chi connectivity index (χ0) is 15.2. The van der Waals surface area contributed by atoms with Crippen LogP contribution in [0.2, 0.25) is 0 Å². The van der Waals surface area contributed by atoms with Crippen molar-refractivity contribution >= 4 is 21.6 Å². The average molecular weight is 306 g/mol. The van der Waals surface area contributed by atoms with Gasteiger partial charge in [-0.2, -0.15) is 0 Å². The summed E-state index contributed by atoms with van der Waals surface area (Å²) in [4.78, 5) is 4.76. The highest BCUT2D eigenvalue weighted by Crippen LogP contribution is 2.24. The second-order valence-electron chi connectivity index (χ2n) is 5.61. The van der Waals surface area contributed by atoms with Crippen LogP contribution in [0, 0.1) is 5.92 Å². The molecule has 0 saturated heterocycles. The van der Waals surface area contributed by atoms with Crippen LogP contribution >= 0.6 is 11.3 Å². The standard InChI is InChI=1S/C17H26N2OS/c1-5-18-14(17(12(3)4)20-6-2)11-16-19-13-9-7-8-10-15(13)21-16/h7-10,12,14,17-18H,5-6,11H2,1-4H3. The molecule has 21 heavy (non-hydrogen) atoms. The maximum atomic E-state index is 5.98. The van der Waals surface area contributed by atoms with Crippen LogP contribution in [0.15, 0.2) is 24.3 Å². The van der Waals surface area contributed by atoms with Gasteiger partial charge in [0.25, 0.3) is 0 Å². The number of hydrogen-bond acceptors (Lipinski definition) is 4. The van der Waals surface area contributed by atoms with E-state index in [2.05, 4.69) is 51.2 Å². The minimum absolute atomic E-state index is 0.224. The number of nitrogens with one attached hydrogen (secondary N) is 1. The molecule has 1 N–H and O–H groups in total. The highest BCUT2D eigenvalue weighted by Gasteiger charge is 2.25. The number of aromatic nitrogens is 1. The van der Waals surface area contributed by atoms with Gasteiger partial charge in [0.1, 0.15) is 0 Å². The second kappa shape index (κ2) is 7.87. The molecule has 0 aliphatic rings. The second-order valence-corrected chi connectivity index (χ2v) is 6.72. The van der Waals surface area contributed by atoms with E-state index in [1.807, 2.05) is 6.07 Å². The fourth-order valence-electron chi connectivity index (χ4n) is 2.73. The Hall–Kier alpha value is -0.970. The SMILES string of the molecule is CCNC(Cc1nc2ccccc2s1)C(OCC)C(C)C. The van der Waals surface area contributed by atoms with Gasteiger partial charge in [-0.3, -0.25) is 0 Å². The molecule has 3 nitrogen and oxygen atoms in total. The first-order valence-electron chi connectivity index (χ1n) is 7.85. The van der Waals surface area contributed by atoms with Crippen molar-refractivity contribution in [3.05, 3.63) is 29.3 Å². The van der Waals surface area contributed by atoms with Crippen molar-refractivity contribution in [2.45, 2.75) is 46.3 Å². The molecule has 2 aromatic rings. The van der Waals surface area contributed by atoms with E-state index in [9.17, 15) is 0 Å². The highest BCUT2D eigenvalue weighted by molar-refractivity contribution is 7.18. The summed E-state index contributed by atoms with van der Waals surface area (Å²) in [6.45, 7) is 10.4. The summed E-state index contributed by atoms with van der Waals surface area (Å²) in [7, 11) is 0. The molecule has 0 aliphatic heterocycles. The van der Waals surface area contributed by atoms with Crippen molar-refractivity contribution in [2.24, 2.45) is 5.92 Å². The summed E-state index contributed by atoms with van der Waals surface area (Å²) >= 11 is 1.79. The lowest BCUT2D eigenvalue weighted by molar-refractivity contribution is 0.00395. The Bertz CT molecular complexity index is 519. The molecule has 2 rings (SSSR count). The van der Waals surface area contributed by atoms with Gasteiger partial charge in [0.2, 0.25) is 0 Å². The van der Waals surface area contributed by atoms with Crippen molar-refractivity contribution in [3.63, 3.8) is 0 Å². The Kier molecular flexibility index (Phi) is 6.15. The first-order valence-corrected chi connectivity index (χ1v) is 8.66. The van der Waals surface area contributed by atoms with Gasteiger partial charge >= 0.3 is 0 Å². The zero-order valence-corrected chi connectivity index (χ0v) is 14.2. The third-order valence-electron chi connectivity index (χ3n) is 3.61. The Morgan fingerprint density at radius 2 is 2.00 bits per heavy atom. The lowest BCUT2D eigenvalue weighted by Crippen LogP contribution is -2.45. The number of thiazole rings is 1. The van der Waals surface area contributed by atoms with Crippen molar-refractivity contribution in [2.75, 3.05) is 13.2 Å². The van der Waals surface area contributed by atoms with E-state index in [1.165, 1.54) is 9.71 Å². The molecule has 0 saturated carbocycles. The zero-order valence-electron chi connectivity index (χ0n) is 13.4. The van der Waals surface area contributed by atoms with Gasteiger partial charge in [0.05, 0.1) is 21.3 Å². The first kappa shape index (κ1) is 16.4. The number of hydrogen-bond donors (Lipinski definition) is 1. The number of ether oxygens (including phenoxy) is 1. The van der Waals surface area contributed by atoms with Gasteiger partial charge in [-0.1, -0.05) is 32.9 Å². The maximum absolute atomic E-state index is 5.98. The average Bonchev–Trinajstić information content (AvgIpc) is 2.86. The molecule has 0 spiro atoms. The van der Waals surface area contributed by atoms with E-state index < -0.39 is 0 Å². The monoisotopic (exact) mass is 306 g/mol. The third kappa shape index (κ3) is 4.25. The summed E-state index contributed by atoms with van der Waals surface area (Å²) in [5, 5.41) is 4.77. The van der Waals surface area contributed by atoms with E-state index in [4.69, 9.17) is 9.72 Å². The van der Waals surface area contributed by atoms with Crippen LogP contribution in [-0.4, -0.2) is 30.3 Å². The van der Waals surface area contributed by atoms with Gasteiger partial charge in [-0.25, -0.2) is 4.98 Å². The molecule has 1 aromatic carbocycles. The molecule has 2 unspecified atom stereocenters. The van der Waals surface area contributed by atoms with E-state index in [0.29, 0.717) is 12.0 Å². The number of benzene rings is 1. The molecule has 116 valence electrons.